The fourth-order valence-corrected chi connectivity index (χ4v) is 3.63. The Morgan fingerprint density at radius 2 is 2.31 bits per heavy atom. The summed E-state index contributed by atoms with van der Waals surface area (Å²) in [4.78, 5) is 10.8. The number of hydrogen-bond acceptors (Lipinski definition) is 1. The molecular formula is C11H18O2. The predicted octanol–water partition coefficient (Wildman–Crippen LogP) is 2.68. The van der Waals surface area contributed by atoms with Crippen molar-refractivity contribution < 1.29 is 9.90 Å². The molecule has 13 heavy (non-hydrogen) atoms. The SMILES string of the molecule is CCC1(CC(=O)O)CC2CCC1C2. The van der Waals surface area contributed by atoms with Crippen molar-refractivity contribution in [3.8, 4) is 0 Å². The molecule has 0 heterocycles. The zero-order chi connectivity index (χ0) is 9.47. The first kappa shape index (κ1) is 9.04. The first-order valence-corrected chi connectivity index (χ1v) is 5.38. The van der Waals surface area contributed by atoms with Gasteiger partial charge in [-0.1, -0.05) is 13.3 Å². The van der Waals surface area contributed by atoms with Gasteiger partial charge in [0.2, 0.25) is 0 Å². The summed E-state index contributed by atoms with van der Waals surface area (Å²) >= 11 is 0. The lowest BCUT2D eigenvalue weighted by molar-refractivity contribution is -0.140. The summed E-state index contributed by atoms with van der Waals surface area (Å²) < 4.78 is 0. The van der Waals surface area contributed by atoms with Crippen LogP contribution in [0.1, 0.15) is 45.4 Å². The molecule has 74 valence electrons. The molecule has 2 bridgehead atoms. The Hall–Kier alpha value is -0.530. The quantitative estimate of drug-likeness (QED) is 0.728. The normalized spacial score (nSPS) is 42.5. The molecule has 0 aromatic rings. The van der Waals surface area contributed by atoms with Crippen LogP contribution in [0.5, 0.6) is 0 Å². The van der Waals surface area contributed by atoms with Crippen LogP contribution in [0, 0.1) is 17.3 Å². The van der Waals surface area contributed by atoms with Gasteiger partial charge in [0.25, 0.3) is 0 Å². The van der Waals surface area contributed by atoms with E-state index >= 15 is 0 Å². The summed E-state index contributed by atoms with van der Waals surface area (Å²) in [6.45, 7) is 2.16. The van der Waals surface area contributed by atoms with E-state index in [-0.39, 0.29) is 5.41 Å². The van der Waals surface area contributed by atoms with Crippen LogP contribution in [-0.2, 0) is 4.79 Å². The van der Waals surface area contributed by atoms with Gasteiger partial charge in [0.05, 0.1) is 6.42 Å². The van der Waals surface area contributed by atoms with Gasteiger partial charge < -0.3 is 5.11 Å². The van der Waals surface area contributed by atoms with E-state index in [0.29, 0.717) is 6.42 Å². The topological polar surface area (TPSA) is 37.3 Å². The predicted molar refractivity (Wildman–Crippen MR) is 50.4 cm³/mol. The molecule has 2 saturated carbocycles. The molecule has 2 nitrogen and oxygen atoms in total. The zero-order valence-electron chi connectivity index (χ0n) is 8.25. The number of fused-ring (bicyclic) bond motifs is 2. The number of aliphatic carboxylic acids is 1. The van der Waals surface area contributed by atoms with Crippen LogP contribution in [-0.4, -0.2) is 11.1 Å². The fourth-order valence-electron chi connectivity index (χ4n) is 3.63. The molecule has 0 aromatic heterocycles. The molecule has 0 radical (unpaired) electrons. The average molecular weight is 182 g/mol. The Balaban J connectivity index is 2.12. The molecule has 3 atom stereocenters. The molecule has 1 N–H and O–H groups in total. The van der Waals surface area contributed by atoms with Crippen molar-refractivity contribution >= 4 is 5.97 Å². The first-order chi connectivity index (χ1) is 6.16. The molecule has 2 aliphatic rings. The van der Waals surface area contributed by atoms with Crippen LogP contribution >= 0.6 is 0 Å². The van der Waals surface area contributed by atoms with Gasteiger partial charge in [0, 0.05) is 0 Å². The second kappa shape index (κ2) is 3.00. The minimum atomic E-state index is -0.602. The van der Waals surface area contributed by atoms with Crippen LogP contribution in [0.3, 0.4) is 0 Å². The highest BCUT2D eigenvalue weighted by atomic mass is 16.4. The highest BCUT2D eigenvalue weighted by Gasteiger charge is 2.50. The molecule has 2 aliphatic carbocycles. The summed E-state index contributed by atoms with van der Waals surface area (Å²) in [6.07, 6.45) is 6.59. The van der Waals surface area contributed by atoms with Gasteiger partial charge in [0.15, 0.2) is 0 Å². The van der Waals surface area contributed by atoms with Gasteiger partial charge in [-0.25, -0.2) is 0 Å². The summed E-state index contributed by atoms with van der Waals surface area (Å²) in [5.41, 5.74) is 0.175. The second-order valence-corrected chi connectivity index (χ2v) is 4.87. The summed E-state index contributed by atoms with van der Waals surface area (Å²) in [6, 6.07) is 0. The fraction of sp³-hybridized carbons (Fsp3) is 0.909. The summed E-state index contributed by atoms with van der Waals surface area (Å²) in [7, 11) is 0. The number of carbonyl (C=O) groups is 1. The van der Waals surface area contributed by atoms with Gasteiger partial charge >= 0.3 is 5.97 Å². The van der Waals surface area contributed by atoms with Crippen LogP contribution < -0.4 is 0 Å². The lowest BCUT2D eigenvalue weighted by atomic mass is 9.69. The Labute approximate surface area is 79.3 Å². The van der Waals surface area contributed by atoms with Crippen LogP contribution in [0.25, 0.3) is 0 Å². The van der Waals surface area contributed by atoms with Crippen LogP contribution in [0.2, 0.25) is 0 Å². The van der Waals surface area contributed by atoms with Crippen LogP contribution in [0.4, 0.5) is 0 Å². The maximum absolute atomic E-state index is 10.8. The van der Waals surface area contributed by atoms with E-state index in [4.69, 9.17) is 5.11 Å². The monoisotopic (exact) mass is 182 g/mol. The molecule has 2 heteroatoms. The van der Waals surface area contributed by atoms with E-state index in [0.717, 1.165) is 18.3 Å². The Bertz CT molecular complexity index is 224. The van der Waals surface area contributed by atoms with Gasteiger partial charge in [-0.15, -0.1) is 0 Å². The van der Waals surface area contributed by atoms with Crippen LogP contribution in [0.15, 0.2) is 0 Å². The Morgan fingerprint density at radius 1 is 1.54 bits per heavy atom. The standard InChI is InChI=1S/C11H18O2/c1-2-11(7-10(12)13)6-8-3-4-9(11)5-8/h8-9H,2-7H2,1H3,(H,12,13). The minimum absolute atomic E-state index is 0.175. The lowest BCUT2D eigenvalue weighted by Gasteiger charge is -2.35. The van der Waals surface area contributed by atoms with Crippen molar-refractivity contribution in [1.29, 1.82) is 0 Å². The molecule has 0 amide bonds. The van der Waals surface area contributed by atoms with Gasteiger partial charge in [-0.2, -0.15) is 0 Å². The largest absolute Gasteiger partial charge is 0.481 e. The van der Waals surface area contributed by atoms with Crippen molar-refractivity contribution in [2.75, 3.05) is 0 Å². The molecule has 0 aliphatic heterocycles. The maximum Gasteiger partial charge on any atom is 0.303 e. The lowest BCUT2D eigenvalue weighted by Crippen LogP contribution is -2.29. The number of carboxylic acid groups (broad SMARTS) is 1. The molecule has 0 aromatic carbocycles. The van der Waals surface area contributed by atoms with E-state index in [2.05, 4.69) is 6.92 Å². The first-order valence-electron chi connectivity index (χ1n) is 5.38. The van der Waals surface area contributed by atoms with E-state index in [1.165, 1.54) is 25.7 Å². The molecule has 0 saturated heterocycles. The third kappa shape index (κ3) is 1.36. The Kier molecular flexibility index (Phi) is 2.09. The summed E-state index contributed by atoms with van der Waals surface area (Å²) in [5.74, 6) is 0.970. The number of rotatable bonds is 3. The van der Waals surface area contributed by atoms with Crippen molar-refractivity contribution in [1.82, 2.24) is 0 Å². The van der Waals surface area contributed by atoms with E-state index < -0.39 is 5.97 Å². The third-order valence-corrected chi connectivity index (χ3v) is 4.31. The molecule has 3 unspecified atom stereocenters. The van der Waals surface area contributed by atoms with Crippen molar-refractivity contribution in [3.63, 3.8) is 0 Å². The van der Waals surface area contributed by atoms with Crippen molar-refractivity contribution in [3.05, 3.63) is 0 Å². The number of hydrogen-bond donors (Lipinski definition) is 1. The third-order valence-electron chi connectivity index (χ3n) is 4.31. The van der Waals surface area contributed by atoms with Crippen molar-refractivity contribution in [2.24, 2.45) is 17.3 Å². The maximum atomic E-state index is 10.8. The minimum Gasteiger partial charge on any atom is -0.481 e. The molecule has 0 spiro atoms. The van der Waals surface area contributed by atoms with E-state index in [9.17, 15) is 4.79 Å². The van der Waals surface area contributed by atoms with E-state index in [1.807, 2.05) is 0 Å². The highest BCUT2D eigenvalue weighted by molar-refractivity contribution is 5.67. The molecule has 2 rings (SSSR count). The van der Waals surface area contributed by atoms with Gasteiger partial charge in [0.1, 0.15) is 0 Å². The van der Waals surface area contributed by atoms with Gasteiger partial charge in [-0.3, -0.25) is 4.79 Å². The molecular weight excluding hydrogens is 164 g/mol. The van der Waals surface area contributed by atoms with Gasteiger partial charge in [-0.05, 0) is 42.9 Å². The van der Waals surface area contributed by atoms with E-state index in [1.54, 1.807) is 0 Å². The Morgan fingerprint density at radius 3 is 2.69 bits per heavy atom. The average Bonchev–Trinajstić information content (AvgIpc) is 2.62. The zero-order valence-corrected chi connectivity index (χ0v) is 8.25. The second-order valence-electron chi connectivity index (χ2n) is 4.87. The number of carboxylic acids is 1. The smallest absolute Gasteiger partial charge is 0.303 e. The highest BCUT2D eigenvalue weighted by Crippen LogP contribution is 2.59. The summed E-state index contributed by atoms with van der Waals surface area (Å²) in [5, 5.41) is 8.90. The molecule has 2 fully saturated rings. The van der Waals surface area contributed by atoms with Crippen molar-refractivity contribution in [2.45, 2.75) is 45.4 Å².